The summed E-state index contributed by atoms with van der Waals surface area (Å²) < 4.78 is 11.1. The highest BCUT2D eigenvalue weighted by Crippen LogP contribution is 2.43. The van der Waals surface area contributed by atoms with Crippen molar-refractivity contribution in [2.24, 2.45) is 11.7 Å². The van der Waals surface area contributed by atoms with Crippen LogP contribution in [0, 0.1) is 5.92 Å². The first kappa shape index (κ1) is 15.9. The second kappa shape index (κ2) is 7.00. The fourth-order valence-corrected chi connectivity index (χ4v) is 2.53. The van der Waals surface area contributed by atoms with E-state index in [1.807, 2.05) is 18.2 Å². The highest BCUT2D eigenvalue weighted by molar-refractivity contribution is 5.85. The number of amides is 1. The Balaban J connectivity index is 0.00000161. The van der Waals surface area contributed by atoms with Gasteiger partial charge in [0.15, 0.2) is 11.5 Å². The number of hydrogen-bond acceptors (Lipinski definition) is 4. The first-order valence-electron chi connectivity index (χ1n) is 7.17. The molecule has 3 N–H and O–H groups in total. The van der Waals surface area contributed by atoms with E-state index in [1.54, 1.807) is 0 Å². The predicted molar refractivity (Wildman–Crippen MR) is 82.0 cm³/mol. The molecule has 1 aromatic carbocycles. The number of hydrogen-bond donors (Lipinski definition) is 2. The zero-order valence-electron chi connectivity index (χ0n) is 11.8. The van der Waals surface area contributed by atoms with E-state index < -0.39 is 0 Å². The standard InChI is InChI=1S/C15H20N2O3.ClH/c16-6-5-14(18)17-15(10-1-2-10)11-3-4-12-13(9-11)20-8-7-19-12;/h3-4,9-10,15H,1-2,5-8,16H2,(H,17,18);1H. The number of fused-ring (bicyclic) bond motifs is 1. The van der Waals surface area contributed by atoms with E-state index in [0.717, 1.165) is 29.9 Å². The lowest BCUT2D eigenvalue weighted by molar-refractivity contribution is -0.121. The van der Waals surface area contributed by atoms with Crippen molar-refractivity contribution in [3.63, 3.8) is 0 Å². The van der Waals surface area contributed by atoms with E-state index in [4.69, 9.17) is 15.2 Å². The van der Waals surface area contributed by atoms with Crippen molar-refractivity contribution in [3.8, 4) is 11.5 Å². The molecule has 1 saturated carbocycles. The predicted octanol–water partition coefficient (Wildman–Crippen LogP) is 1.80. The van der Waals surface area contributed by atoms with Crippen LogP contribution in [0.3, 0.4) is 0 Å². The first-order valence-corrected chi connectivity index (χ1v) is 7.17. The van der Waals surface area contributed by atoms with Gasteiger partial charge >= 0.3 is 0 Å². The molecule has 6 heteroatoms. The fourth-order valence-electron chi connectivity index (χ4n) is 2.53. The van der Waals surface area contributed by atoms with Gasteiger partial charge in [-0.2, -0.15) is 0 Å². The molecule has 1 fully saturated rings. The van der Waals surface area contributed by atoms with Crippen LogP contribution in [0.25, 0.3) is 0 Å². The Bertz CT molecular complexity index is 506. The molecule has 116 valence electrons. The molecule has 0 spiro atoms. The number of carbonyl (C=O) groups excluding carboxylic acids is 1. The Morgan fingerprint density at radius 2 is 2.00 bits per heavy atom. The lowest BCUT2D eigenvalue weighted by atomic mass is 10.0. The Kier molecular flexibility index (Phi) is 5.31. The summed E-state index contributed by atoms with van der Waals surface area (Å²) in [6.07, 6.45) is 2.68. The molecule has 0 bridgehead atoms. The minimum Gasteiger partial charge on any atom is -0.486 e. The Morgan fingerprint density at radius 3 is 2.67 bits per heavy atom. The molecule has 1 amide bonds. The second-order valence-corrected chi connectivity index (χ2v) is 5.32. The van der Waals surface area contributed by atoms with Crippen molar-refractivity contribution in [1.29, 1.82) is 0 Å². The van der Waals surface area contributed by atoms with E-state index in [0.29, 0.717) is 32.1 Å². The van der Waals surface area contributed by atoms with E-state index in [1.165, 1.54) is 0 Å². The van der Waals surface area contributed by atoms with Crippen LogP contribution in [0.15, 0.2) is 18.2 Å². The highest BCUT2D eigenvalue weighted by atomic mass is 35.5. The van der Waals surface area contributed by atoms with Crippen LogP contribution >= 0.6 is 12.4 Å². The molecule has 1 aliphatic carbocycles. The summed E-state index contributed by atoms with van der Waals surface area (Å²) in [4.78, 5) is 11.8. The summed E-state index contributed by atoms with van der Waals surface area (Å²) in [6, 6.07) is 5.98. The minimum absolute atomic E-state index is 0. The van der Waals surface area contributed by atoms with Gasteiger partial charge in [-0.15, -0.1) is 12.4 Å². The normalized spacial score (nSPS) is 17.6. The summed E-state index contributed by atoms with van der Waals surface area (Å²) in [5.41, 5.74) is 6.51. The van der Waals surface area contributed by atoms with Crippen molar-refractivity contribution in [3.05, 3.63) is 23.8 Å². The van der Waals surface area contributed by atoms with Crippen LogP contribution in [0.5, 0.6) is 11.5 Å². The molecule has 0 aromatic heterocycles. The maximum atomic E-state index is 11.8. The molecule has 1 atom stereocenters. The van der Waals surface area contributed by atoms with Gasteiger partial charge in [0.05, 0.1) is 6.04 Å². The number of nitrogens with two attached hydrogens (primary N) is 1. The van der Waals surface area contributed by atoms with Gasteiger partial charge in [0.25, 0.3) is 0 Å². The van der Waals surface area contributed by atoms with Gasteiger partial charge in [0.2, 0.25) is 5.91 Å². The smallest absolute Gasteiger partial charge is 0.221 e. The third-order valence-electron chi connectivity index (χ3n) is 3.71. The maximum absolute atomic E-state index is 11.8. The van der Waals surface area contributed by atoms with Gasteiger partial charge in [-0.25, -0.2) is 0 Å². The summed E-state index contributed by atoms with van der Waals surface area (Å²) >= 11 is 0. The molecule has 21 heavy (non-hydrogen) atoms. The van der Waals surface area contributed by atoms with Gasteiger partial charge in [-0.05, 0) is 36.5 Å². The van der Waals surface area contributed by atoms with Gasteiger partial charge in [-0.1, -0.05) is 6.07 Å². The zero-order valence-corrected chi connectivity index (χ0v) is 12.7. The Labute approximate surface area is 130 Å². The number of carbonyl (C=O) groups is 1. The monoisotopic (exact) mass is 312 g/mol. The number of nitrogens with one attached hydrogen (secondary N) is 1. The lowest BCUT2D eigenvalue weighted by Crippen LogP contribution is -2.31. The Hall–Kier alpha value is -1.46. The topological polar surface area (TPSA) is 73.6 Å². The third-order valence-corrected chi connectivity index (χ3v) is 3.71. The summed E-state index contributed by atoms with van der Waals surface area (Å²) in [7, 11) is 0. The molecule has 0 saturated heterocycles. The van der Waals surface area contributed by atoms with Gasteiger partial charge < -0.3 is 20.5 Å². The quantitative estimate of drug-likeness (QED) is 0.869. The van der Waals surface area contributed by atoms with E-state index in [-0.39, 0.29) is 24.4 Å². The maximum Gasteiger partial charge on any atom is 0.221 e. The molecule has 1 heterocycles. The SMILES string of the molecule is Cl.NCCC(=O)NC(c1ccc2c(c1)OCCO2)C1CC1. The molecule has 1 aromatic rings. The molecule has 5 nitrogen and oxygen atoms in total. The van der Waals surface area contributed by atoms with Crippen LogP contribution in [0.1, 0.15) is 30.9 Å². The van der Waals surface area contributed by atoms with Crippen LogP contribution in [-0.4, -0.2) is 25.7 Å². The molecule has 0 radical (unpaired) electrons. The number of halogens is 1. The molecular weight excluding hydrogens is 292 g/mol. The first-order chi connectivity index (χ1) is 9.78. The largest absolute Gasteiger partial charge is 0.486 e. The Morgan fingerprint density at radius 1 is 1.29 bits per heavy atom. The van der Waals surface area contributed by atoms with Crippen molar-refractivity contribution >= 4 is 18.3 Å². The number of ether oxygens (including phenoxy) is 2. The van der Waals surface area contributed by atoms with E-state index in [2.05, 4.69) is 5.32 Å². The summed E-state index contributed by atoms with van der Waals surface area (Å²) in [5.74, 6) is 2.09. The van der Waals surface area contributed by atoms with Gasteiger partial charge in [0.1, 0.15) is 13.2 Å². The number of rotatable bonds is 5. The highest BCUT2D eigenvalue weighted by Gasteiger charge is 2.33. The summed E-state index contributed by atoms with van der Waals surface area (Å²) in [5, 5.41) is 3.09. The van der Waals surface area contributed by atoms with E-state index >= 15 is 0 Å². The lowest BCUT2D eigenvalue weighted by Gasteiger charge is -2.23. The number of benzene rings is 1. The average Bonchev–Trinajstić information content (AvgIpc) is 3.29. The van der Waals surface area contributed by atoms with Crippen molar-refractivity contribution < 1.29 is 14.3 Å². The second-order valence-electron chi connectivity index (χ2n) is 5.32. The van der Waals surface area contributed by atoms with Crippen molar-refractivity contribution in [2.75, 3.05) is 19.8 Å². The van der Waals surface area contributed by atoms with Crippen LogP contribution < -0.4 is 20.5 Å². The van der Waals surface area contributed by atoms with Gasteiger partial charge in [0, 0.05) is 13.0 Å². The molecular formula is C15H21ClN2O3. The fraction of sp³-hybridized carbons (Fsp3) is 0.533. The van der Waals surface area contributed by atoms with E-state index in [9.17, 15) is 4.79 Å². The molecule has 3 rings (SSSR count). The van der Waals surface area contributed by atoms with Crippen molar-refractivity contribution in [1.82, 2.24) is 5.32 Å². The zero-order chi connectivity index (χ0) is 13.9. The summed E-state index contributed by atoms with van der Waals surface area (Å²) in [6.45, 7) is 1.54. The average molecular weight is 313 g/mol. The molecule has 1 unspecified atom stereocenters. The van der Waals surface area contributed by atoms with Crippen LogP contribution in [0.4, 0.5) is 0 Å². The molecule has 1 aliphatic heterocycles. The van der Waals surface area contributed by atoms with Gasteiger partial charge in [-0.3, -0.25) is 4.79 Å². The van der Waals surface area contributed by atoms with Crippen LogP contribution in [-0.2, 0) is 4.79 Å². The third kappa shape index (κ3) is 3.80. The van der Waals surface area contributed by atoms with Crippen LogP contribution in [0.2, 0.25) is 0 Å². The minimum atomic E-state index is 0. The van der Waals surface area contributed by atoms with Crippen molar-refractivity contribution in [2.45, 2.75) is 25.3 Å². The molecule has 2 aliphatic rings.